The van der Waals surface area contributed by atoms with E-state index in [1.165, 1.54) is 6.42 Å². The zero-order valence-electron chi connectivity index (χ0n) is 7.74. The molecule has 2 unspecified atom stereocenters. The van der Waals surface area contributed by atoms with E-state index in [2.05, 4.69) is 31.9 Å². The van der Waals surface area contributed by atoms with Gasteiger partial charge < -0.3 is 4.89 Å². The maximum atomic E-state index is 8.93. The maximum Gasteiger partial charge on any atom is 0.0262 e. The Balaban J connectivity index is 0.000000140. The SMILES string of the molecule is Brc1ccccc1.OP1CCC(Br)C1. The molecule has 2 atom stereocenters. The van der Waals surface area contributed by atoms with Gasteiger partial charge in [-0.3, -0.25) is 0 Å². The van der Waals surface area contributed by atoms with Crippen LogP contribution in [0.15, 0.2) is 34.8 Å². The van der Waals surface area contributed by atoms with Gasteiger partial charge >= 0.3 is 0 Å². The lowest BCUT2D eigenvalue weighted by Crippen LogP contribution is -1.90. The summed E-state index contributed by atoms with van der Waals surface area (Å²) in [4.78, 5) is 9.55. The zero-order chi connectivity index (χ0) is 10.4. The highest BCUT2D eigenvalue weighted by Crippen LogP contribution is 2.41. The van der Waals surface area contributed by atoms with Gasteiger partial charge in [0.2, 0.25) is 0 Å². The molecule has 78 valence electrons. The summed E-state index contributed by atoms with van der Waals surface area (Å²) in [5, 5.41) is 0. The molecule has 1 aromatic carbocycles. The van der Waals surface area contributed by atoms with Gasteiger partial charge in [-0.05, 0) is 24.7 Å². The third-order valence-corrected chi connectivity index (χ3v) is 5.29. The van der Waals surface area contributed by atoms with Crippen molar-refractivity contribution in [3.05, 3.63) is 34.8 Å². The fourth-order valence-electron chi connectivity index (χ4n) is 1.12. The van der Waals surface area contributed by atoms with Crippen LogP contribution in [0.2, 0.25) is 0 Å². The summed E-state index contributed by atoms with van der Waals surface area (Å²) in [5.74, 6) is 0. The first-order valence-corrected chi connectivity index (χ1v) is 7.84. The minimum absolute atomic E-state index is 0.551. The Morgan fingerprint density at radius 1 is 1.29 bits per heavy atom. The van der Waals surface area contributed by atoms with E-state index in [0.717, 1.165) is 16.8 Å². The molecular formula is C10H13Br2OP. The van der Waals surface area contributed by atoms with Crippen molar-refractivity contribution in [1.82, 2.24) is 0 Å². The normalized spacial score (nSPS) is 25.4. The van der Waals surface area contributed by atoms with E-state index in [9.17, 15) is 0 Å². The van der Waals surface area contributed by atoms with Crippen LogP contribution < -0.4 is 0 Å². The standard InChI is InChI=1S/C6H5Br.C4H8BrOP/c7-6-4-2-1-3-5-6;5-4-1-2-7(6)3-4/h1-5H;4,6H,1-3H2. The number of benzene rings is 1. The minimum atomic E-state index is -0.551. The minimum Gasteiger partial charge on any atom is -0.374 e. The van der Waals surface area contributed by atoms with Crippen LogP contribution in [0.4, 0.5) is 0 Å². The van der Waals surface area contributed by atoms with E-state index in [1.807, 2.05) is 30.3 Å². The zero-order valence-corrected chi connectivity index (χ0v) is 11.8. The smallest absolute Gasteiger partial charge is 0.0262 e. The monoisotopic (exact) mass is 338 g/mol. The molecule has 0 amide bonds. The molecule has 2 rings (SSSR count). The highest BCUT2D eigenvalue weighted by atomic mass is 79.9. The topological polar surface area (TPSA) is 20.2 Å². The van der Waals surface area contributed by atoms with Gasteiger partial charge in [-0.25, -0.2) is 0 Å². The van der Waals surface area contributed by atoms with Crippen LogP contribution in [0, 0.1) is 0 Å². The molecule has 14 heavy (non-hydrogen) atoms. The molecule has 1 nitrogen and oxygen atoms in total. The van der Waals surface area contributed by atoms with Gasteiger partial charge in [-0.1, -0.05) is 50.1 Å². The van der Waals surface area contributed by atoms with Crippen molar-refractivity contribution >= 4 is 40.0 Å². The van der Waals surface area contributed by atoms with Gasteiger partial charge in [0.25, 0.3) is 0 Å². The molecule has 4 heteroatoms. The van der Waals surface area contributed by atoms with Crippen LogP contribution in [0.5, 0.6) is 0 Å². The van der Waals surface area contributed by atoms with E-state index in [1.54, 1.807) is 0 Å². The molecule has 1 saturated heterocycles. The first-order chi connectivity index (χ1) is 6.68. The average molecular weight is 340 g/mol. The summed E-state index contributed by atoms with van der Waals surface area (Å²) < 4.78 is 1.13. The van der Waals surface area contributed by atoms with E-state index >= 15 is 0 Å². The summed E-state index contributed by atoms with van der Waals surface area (Å²) in [5.41, 5.74) is 0. The van der Waals surface area contributed by atoms with Crippen LogP contribution in [0.1, 0.15) is 6.42 Å². The first-order valence-electron chi connectivity index (χ1n) is 4.47. The summed E-state index contributed by atoms with van der Waals surface area (Å²) in [6.07, 6.45) is 3.22. The molecule has 0 bridgehead atoms. The van der Waals surface area contributed by atoms with Crippen LogP contribution in [-0.4, -0.2) is 22.0 Å². The molecule has 1 aliphatic heterocycles. The second-order valence-corrected chi connectivity index (χ2v) is 7.13. The van der Waals surface area contributed by atoms with Crippen molar-refractivity contribution in [2.75, 3.05) is 12.3 Å². The summed E-state index contributed by atoms with van der Waals surface area (Å²) in [7, 11) is -0.551. The fraction of sp³-hybridized carbons (Fsp3) is 0.400. The van der Waals surface area contributed by atoms with Crippen LogP contribution in [0.3, 0.4) is 0 Å². The van der Waals surface area contributed by atoms with Crippen LogP contribution in [-0.2, 0) is 0 Å². The maximum absolute atomic E-state index is 8.93. The van der Waals surface area contributed by atoms with E-state index in [0.29, 0.717) is 4.83 Å². The number of rotatable bonds is 0. The van der Waals surface area contributed by atoms with Gasteiger partial charge in [-0.15, -0.1) is 0 Å². The van der Waals surface area contributed by atoms with E-state index in [-0.39, 0.29) is 0 Å². The Hall–Kier alpha value is 0.570. The molecule has 0 saturated carbocycles. The van der Waals surface area contributed by atoms with Gasteiger partial charge in [-0.2, -0.15) is 0 Å². The molecule has 1 aromatic rings. The molecule has 0 aliphatic carbocycles. The molecule has 1 N–H and O–H groups in total. The lowest BCUT2D eigenvalue weighted by atomic mass is 10.4. The van der Waals surface area contributed by atoms with Gasteiger partial charge in [0.1, 0.15) is 0 Å². The number of hydrogen-bond acceptors (Lipinski definition) is 1. The average Bonchev–Trinajstić information content (AvgIpc) is 2.52. The van der Waals surface area contributed by atoms with Crippen molar-refractivity contribution in [3.63, 3.8) is 0 Å². The van der Waals surface area contributed by atoms with Crippen molar-refractivity contribution in [3.8, 4) is 0 Å². The van der Waals surface area contributed by atoms with Crippen molar-refractivity contribution in [1.29, 1.82) is 0 Å². The number of alkyl halides is 1. The summed E-state index contributed by atoms with van der Waals surface area (Å²) >= 11 is 6.75. The highest BCUT2D eigenvalue weighted by Gasteiger charge is 2.19. The third kappa shape index (κ3) is 5.45. The molecule has 1 heterocycles. The van der Waals surface area contributed by atoms with E-state index < -0.39 is 8.15 Å². The molecule has 1 fully saturated rings. The summed E-state index contributed by atoms with van der Waals surface area (Å²) in [6, 6.07) is 9.97. The lowest BCUT2D eigenvalue weighted by molar-refractivity contribution is 0.631. The van der Waals surface area contributed by atoms with Gasteiger partial charge in [0.15, 0.2) is 0 Å². The second kappa shape index (κ2) is 6.95. The predicted molar refractivity (Wildman–Crippen MR) is 70.3 cm³/mol. The quantitative estimate of drug-likeness (QED) is 0.559. The van der Waals surface area contributed by atoms with Crippen LogP contribution >= 0.6 is 40.0 Å². The Labute approximate surface area is 103 Å². The van der Waals surface area contributed by atoms with Gasteiger partial charge in [0, 0.05) is 23.6 Å². The molecule has 1 aliphatic rings. The Morgan fingerprint density at radius 3 is 2.14 bits per heavy atom. The fourth-order valence-corrected chi connectivity index (χ4v) is 4.44. The lowest BCUT2D eigenvalue weighted by Gasteiger charge is -1.94. The second-order valence-electron chi connectivity index (χ2n) is 3.09. The van der Waals surface area contributed by atoms with Gasteiger partial charge in [0.05, 0.1) is 0 Å². The third-order valence-electron chi connectivity index (χ3n) is 1.84. The predicted octanol–water partition coefficient (Wildman–Crippen LogP) is 3.99. The molecule has 0 radical (unpaired) electrons. The Bertz CT molecular complexity index is 248. The highest BCUT2D eigenvalue weighted by molar-refractivity contribution is 9.10. The van der Waals surface area contributed by atoms with Crippen molar-refractivity contribution in [2.45, 2.75) is 11.2 Å². The largest absolute Gasteiger partial charge is 0.374 e. The number of halogens is 2. The Morgan fingerprint density at radius 2 is 1.93 bits per heavy atom. The number of hydrogen-bond donors (Lipinski definition) is 1. The molecule has 0 spiro atoms. The molecular weight excluding hydrogens is 327 g/mol. The van der Waals surface area contributed by atoms with E-state index in [4.69, 9.17) is 4.89 Å². The molecule has 0 aromatic heterocycles. The van der Waals surface area contributed by atoms with Crippen LogP contribution in [0.25, 0.3) is 0 Å². The van der Waals surface area contributed by atoms with Crippen molar-refractivity contribution in [2.24, 2.45) is 0 Å². The Kier molecular flexibility index (Phi) is 6.27. The van der Waals surface area contributed by atoms with Crippen molar-refractivity contribution < 1.29 is 4.89 Å². The summed E-state index contributed by atoms with van der Waals surface area (Å²) in [6.45, 7) is 0. The first kappa shape index (κ1) is 12.6.